The van der Waals surface area contributed by atoms with E-state index in [1.807, 2.05) is 30.3 Å². The Kier molecular flexibility index (Phi) is 10.4. The van der Waals surface area contributed by atoms with E-state index < -0.39 is 6.04 Å². The van der Waals surface area contributed by atoms with Gasteiger partial charge < -0.3 is 39.2 Å². The second kappa shape index (κ2) is 14.8. The number of nitrogens with one attached hydrogen (secondary N) is 2. The van der Waals surface area contributed by atoms with Crippen LogP contribution in [-0.4, -0.2) is 75.7 Å². The standard InChI is InChI=1S/C34H39N3O8/c1-41-25-10-9-23(31(19-25)43-3)17-33(39)37-13-11-30-29(20-37)36-32(38)8-5-12-35-34(40)24-15-27(42-2)18-28(16-24)45-26-7-4-6-22(14-26)21-44-30/h4,6-7,9-10,14-16,18-19,29-30H,5,8,11-13,17,20-21H2,1-3H3,(H,35,40)(H,36,38)/t29-,30-/m0/s1. The van der Waals surface area contributed by atoms with Crippen LogP contribution in [0.2, 0.25) is 0 Å². The first-order valence-corrected chi connectivity index (χ1v) is 15.0. The number of carbonyl (C=O) groups is 3. The number of ether oxygens (including phenoxy) is 5. The molecule has 0 saturated carbocycles. The first-order valence-electron chi connectivity index (χ1n) is 15.0. The fraction of sp³-hybridized carbons (Fsp3) is 0.382. The maximum absolute atomic E-state index is 13.4. The van der Waals surface area contributed by atoms with Crippen molar-refractivity contribution in [2.75, 3.05) is 41.0 Å². The molecule has 4 bridgehead atoms. The number of amides is 3. The molecule has 0 aliphatic carbocycles. The maximum atomic E-state index is 13.4. The Morgan fingerprint density at radius 3 is 2.60 bits per heavy atom. The third-order valence-electron chi connectivity index (χ3n) is 7.93. The summed E-state index contributed by atoms with van der Waals surface area (Å²) < 4.78 is 28.6. The molecule has 5 rings (SSSR count). The van der Waals surface area contributed by atoms with Crippen LogP contribution in [-0.2, 0) is 27.4 Å². The molecule has 0 aromatic heterocycles. The Balaban J connectivity index is 1.32. The van der Waals surface area contributed by atoms with Crippen LogP contribution >= 0.6 is 0 Å². The molecule has 0 spiro atoms. The SMILES string of the molecule is COc1cc2cc(c1)C(=O)NCCCC(=O)N[C@H]1CN(C(=O)Cc3ccc(OC)cc3OC)CC[C@@H]1OCc1cccc(c1)O2. The van der Waals surface area contributed by atoms with Crippen LogP contribution in [0.5, 0.6) is 28.7 Å². The summed E-state index contributed by atoms with van der Waals surface area (Å²) in [5.74, 6) is 2.22. The van der Waals surface area contributed by atoms with Crippen molar-refractivity contribution in [3.8, 4) is 28.7 Å². The van der Waals surface area contributed by atoms with Gasteiger partial charge in [-0.15, -0.1) is 0 Å². The number of methoxy groups -OCH3 is 3. The monoisotopic (exact) mass is 617 g/mol. The van der Waals surface area contributed by atoms with E-state index in [1.54, 1.807) is 49.5 Å². The van der Waals surface area contributed by atoms with Crippen molar-refractivity contribution in [1.29, 1.82) is 0 Å². The molecule has 2 aliphatic rings. The zero-order chi connectivity index (χ0) is 31.8. The highest BCUT2D eigenvalue weighted by Crippen LogP contribution is 2.29. The van der Waals surface area contributed by atoms with Gasteiger partial charge in [0.15, 0.2) is 0 Å². The normalized spacial score (nSPS) is 19.0. The van der Waals surface area contributed by atoms with Crippen molar-refractivity contribution in [3.05, 3.63) is 77.4 Å². The molecule has 2 atom stereocenters. The van der Waals surface area contributed by atoms with Crippen molar-refractivity contribution in [2.45, 2.75) is 44.4 Å². The number of benzene rings is 3. The van der Waals surface area contributed by atoms with Gasteiger partial charge in [0, 0.05) is 49.3 Å². The van der Waals surface area contributed by atoms with Gasteiger partial charge in [-0.2, -0.15) is 0 Å². The van der Waals surface area contributed by atoms with Crippen LogP contribution in [0.15, 0.2) is 60.7 Å². The van der Waals surface area contributed by atoms with Gasteiger partial charge in [-0.1, -0.05) is 18.2 Å². The highest BCUT2D eigenvalue weighted by molar-refractivity contribution is 5.95. The third-order valence-corrected chi connectivity index (χ3v) is 7.93. The molecule has 0 radical (unpaired) electrons. The van der Waals surface area contributed by atoms with Crippen LogP contribution < -0.4 is 29.6 Å². The summed E-state index contributed by atoms with van der Waals surface area (Å²) in [5.41, 5.74) is 2.02. The molecule has 3 aromatic carbocycles. The molecule has 3 amide bonds. The Morgan fingerprint density at radius 2 is 1.80 bits per heavy atom. The average Bonchev–Trinajstić information content (AvgIpc) is 3.05. The van der Waals surface area contributed by atoms with Gasteiger partial charge in [-0.3, -0.25) is 14.4 Å². The molecule has 2 aliphatic heterocycles. The van der Waals surface area contributed by atoms with Crippen molar-refractivity contribution in [2.24, 2.45) is 0 Å². The molecular weight excluding hydrogens is 578 g/mol. The van der Waals surface area contributed by atoms with E-state index in [9.17, 15) is 14.4 Å². The first-order chi connectivity index (χ1) is 21.8. The van der Waals surface area contributed by atoms with Gasteiger partial charge in [-0.05, 0) is 48.7 Å². The summed E-state index contributed by atoms with van der Waals surface area (Å²) in [5, 5.41) is 5.96. The first kappa shape index (κ1) is 31.6. The Morgan fingerprint density at radius 1 is 0.956 bits per heavy atom. The number of rotatable bonds is 5. The molecule has 11 nitrogen and oxygen atoms in total. The summed E-state index contributed by atoms with van der Waals surface area (Å²) in [7, 11) is 4.67. The lowest BCUT2D eigenvalue weighted by atomic mass is 10.00. The van der Waals surface area contributed by atoms with E-state index in [4.69, 9.17) is 23.7 Å². The van der Waals surface area contributed by atoms with Gasteiger partial charge in [0.25, 0.3) is 5.91 Å². The second-order valence-electron chi connectivity index (χ2n) is 11.0. The highest BCUT2D eigenvalue weighted by atomic mass is 16.5. The summed E-state index contributed by atoms with van der Waals surface area (Å²) >= 11 is 0. The molecule has 2 heterocycles. The zero-order valence-corrected chi connectivity index (χ0v) is 25.8. The van der Waals surface area contributed by atoms with Crippen LogP contribution in [0.4, 0.5) is 0 Å². The summed E-state index contributed by atoms with van der Waals surface area (Å²) in [6.07, 6.45) is 1.04. The molecular formula is C34H39N3O8. The third kappa shape index (κ3) is 8.24. The molecule has 11 heteroatoms. The van der Waals surface area contributed by atoms with E-state index >= 15 is 0 Å². The maximum Gasteiger partial charge on any atom is 0.251 e. The van der Waals surface area contributed by atoms with Crippen LogP contribution in [0.1, 0.15) is 40.7 Å². The molecule has 0 unspecified atom stereocenters. The van der Waals surface area contributed by atoms with E-state index in [0.717, 1.165) is 11.1 Å². The molecule has 2 N–H and O–H groups in total. The van der Waals surface area contributed by atoms with Crippen LogP contribution in [0, 0.1) is 0 Å². The van der Waals surface area contributed by atoms with Crippen molar-refractivity contribution in [1.82, 2.24) is 15.5 Å². The van der Waals surface area contributed by atoms with E-state index in [0.29, 0.717) is 66.8 Å². The van der Waals surface area contributed by atoms with Gasteiger partial charge in [0.1, 0.15) is 28.7 Å². The number of fused-ring (bicyclic) bond motifs is 5. The second-order valence-corrected chi connectivity index (χ2v) is 11.0. The number of nitrogens with zero attached hydrogens (tertiary/aromatic N) is 1. The minimum Gasteiger partial charge on any atom is -0.497 e. The predicted octanol–water partition coefficient (Wildman–Crippen LogP) is 3.87. The van der Waals surface area contributed by atoms with Crippen molar-refractivity contribution >= 4 is 17.7 Å². The molecule has 3 aromatic rings. The van der Waals surface area contributed by atoms with Crippen molar-refractivity contribution in [3.63, 3.8) is 0 Å². The Labute approximate surface area is 262 Å². The number of piperidine rings is 1. The van der Waals surface area contributed by atoms with Crippen molar-refractivity contribution < 1.29 is 38.1 Å². The zero-order valence-electron chi connectivity index (χ0n) is 25.8. The smallest absolute Gasteiger partial charge is 0.251 e. The van der Waals surface area contributed by atoms with Gasteiger partial charge >= 0.3 is 0 Å². The van der Waals surface area contributed by atoms with Crippen LogP contribution in [0.3, 0.4) is 0 Å². The molecule has 1 fully saturated rings. The lowest BCUT2D eigenvalue weighted by molar-refractivity contribution is -0.136. The topological polar surface area (TPSA) is 125 Å². The van der Waals surface area contributed by atoms with Gasteiger partial charge in [0.2, 0.25) is 11.8 Å². The van der Waals surface area contributed by atoms with E-state index in [1.165, 1.54) is 7.11 Å². The Hall–Kier alpha value is -4.77. The minimum atomic E-state index is -0.409. The summed E-state index contributed by atoms with van der Waals surface area (Å²) in [6.45, 7) is 1.39. The number of likely N-dealkylation sites (tertiary alicyclic amines) is 1. The average molecular weight is 618 g/mol. The lowest BCUT2D eigenvalue weighted by Gasteiger charge is -2.39. The molecule has 238 valence electrons. The van der Waals surface area contributed by atoms with Crippen LogP contribution in [0.25, 0.3) is 0 Å². The predicted molar refractivity (Wildman–Crippen MR) is 166 cm³/mol. The van der Waals surface area contributed by atoms with E-state index in [-0.39, 0.29) is 43.3 Å². The fourth-order valence-electron chi connectivity index (χ4n) is 5.52. The quantitative estimate of drug-likeness (QED) is 0.442. The molecule has 1 saturated heterocycles. The number of hydrogen-bond acceptors (Lipinski definition) is 8. The lowest BCUT2D eigenvalue weighted by Crippen LogP contribution is -2.57. The minimum absolute atomic E-state index is 0.0713. The summed E-state index contributed by atoms with van der Waals surface area (Å²) in [4.78, 5) is 41.1. The fourth-order valence-corrected chi connectivity index (χ4v) is 5.52. The Bertz CT molecular complexity index is 1530. The summed E-state index contributed by atoms with van der Waals surface area (Å²) in [6, 6.07) is 17.5. The number of carbonyl (C=O) groups excluding carboxylic acids is 3. The van der Waals surface area contributed by atoms with E-state index in [2.05, 4.69) is 10.6 Å². The molecule has 45 heavy (non-hydrogen) atoms. The highest BCUT2D eigenvalue weighted by Gasteiger charge is 2.33. The van der Waals surface area contributed by atoms with Gasteiger partial charge in [-0.25, -0.2) is 0 Å². The largest absolute Gasteiger partial charge is 0.497 e. The number of hydrogen-bond donors (Lipinski definition) is 2. The van der Waals surface area contributed by atoms with Gasteiger partial charge in [0.05, 0.1) is 46.5 Å².